The lowest BCUT2D eigenvalue weighted by Gasteiger charge is -2.39. The minimum Gasteiger partial charge on any atom is -0.480 e. The van der Waals surface area contributed by atoms with E-state index in [-0.39, 0.29) is 6.04 Å². The highest BCUT2D eigenvalue weighted by Gasteiger charge is 2.35. The van der Waals surface area contributed by atoms with Crippen molar-refractivity contribution in [3.63, 3.8) is 0 Å². The van der Waals surface area contributed by atoms with Crippen LogP contribution in [0.25, 0.3) is 0 Å². The zero-order valence-corrected chi connectivity index (χ0v) is 15.2. The van der Waals surface area contributed by atoms with E-state index in [2.05, 4.69) is 36.9 Å². The maximum Gasteiger partial charge on any atom is 0.320 e. The highest BCUT2D eigenvalue weighted by atomic mass is 16.4. The molecule has 3 rings (SSSR count). The Morgan fingerprint density at radius 3 is 2.52 bits per heavy atom. The summed E-state index contributed by atoms with van der Waals surface area (Å²) in [6.45, 7) is 6.93. The summed E-state index contributed by atoms with van der Waals surface area (Å²) in [5, 5.41) is 9.75. The smallest absolute Gasteiger partial charge is 0.320 e. The molecular formula is C21H26N2O2. The minimum atomic E-state index is -0.735. The molecule has 2 atom stereocenters. The van der Waals surface area contributed by atoms with Gasteiger partial charge in [-0.3, -0.25) is 14.7 Å². The molecule has 0 saturated carbocycles. The predicted octanol–water partition coefficient (Wildman–Crippen LogP) is 4.04. The Balaban J connectivity index is 2.12. The summed E-state index contributed by atoms with van der Waals surface area (Å²) >= 11 is 0. The second-order valence-electron chi connectivity index (χ2n) is 7.12. The van der Waals surface area contributed by atoms with E-state index < -0.39 is 12.0 Å². The number of pyridine rings is 1. The molecule has 1 saturated heterocycles. The van der Waals surface area contributed by atoms with Crippen molar-refractivity contribution in [3.05, 3.63) is 64.5 Å². The second kappa shape index (κ2) is 7.36. The lowest BCUT2D eigenvalue weighted by Crippen LogP contribution is -2.47. The van der Waals surface area contributed by atoms with Gasteiger partial charge in [0.15, 0.2) is 0 Å². The van der Waals surface area contributed by atoms with Crippen LogP contribution in [-0.2, 0) is 4.79 Å². The molecule has 1 aromatic carbocycles. The van der Waals surface area contributed by atoms with Gasteiger partial charge >= 0.3 is 5.97 Å². The molecular weight excluding hydrogens is 312 g/mol. The van der Waals surface area contributed by atoms with Crippen LogP contribution in [0.2, 0.25) is 0 Å². The summed E-state index contributed by atoms with van der Waals surface area (Å²) in [6.07, 6.45) is 2.69. The van der Waals surface area contributed by atoms with Crippen LogP contribution >= 0.6 is 0 Å². The molecule has 1 fully saturated rings. The molecule has 25 heavy (non-hydrogen) atoms. The number of carbonyl (C=O) groups is 1. The number of hydrogen-bond donors (Lipinski definition) is 1. The molecule has 0 bridgehead atoms. The molecule has 2 heterocycles. The minimum absolute atomic E-state index is 0.125. The Labute approximate surface area is 149 Å². The van der Waals surface area contributed by atoms with Gasteiger partial charge in [-0.05, 0) is 57.9 Å². The zero-order chi connectivity index (χ0) is 18.0. The average Bonchev–Trinajstić information content (AvgIpc) is 2.54. The maximum absolute atomic E-state index is 11.9. The molecule has 1 aliphatic heterocycles. The fraction of sp³-hybridized carbons (Fsp3) is 0.429. The second-order valence-corrected chi connectivity index (χ2v) is 7.12. The summed E-state index contributed by atoms with van der Waals surface area (Å²) in [6, 6.07) is 11.9. The lowest BCUT2D eigenvalue weighted by molar-refractivity contribution is -0.145. The molecule has 4 nitrogen and oxygen atoms in total. The summed E-state index contributed by atoms with van der Waals surface area (Å²) < 4.78 is 0. The van der Waals surface area contributed by atoms with E-state index in [0.717, 1.165) is 36.3 Å². The fourth-order valence-corrected chi connectivity index (χ4v) is 3.94. The van der Waals surface area contributed by atoms with Crippen molar-refractivity contribution in [1.29, 1.82) is 0 Å². The Morgan fingerprint density at radius 2 is 1.88 bits per heavy atom. The monoisotopic (exact) mass is 338 g/mol. The average molecular weight is 338 g/mol. The number of nitrogens with zero attached hydrogens (tertiary/aromatic N) is 2. The van der Waals surface area contributed by atoms with Gasteiger partial charge in [-0.15, -0.1) is 0 Å². The van der Waals surface area contributed by atoms with Crippen molar-refractivity contribution in [2.75, 3.05) is 6.54 Å². The lowest BCUT2D eigenvalue weighted by atomic mass is 9.92. The standard InChI is InChI=1S/C21H26N2O2/c1-14-11-15(2)13-17(12-14)20(18-8-6-7-16(3)22-18)23-10-5-4-9-19(23)21(24)25/h6-8,11-13,19-20H,4-5,9-10H2,1-3H3,(H,24,25). The molecule has 0 aliphatic carbocycles. The normalized spacial score (nSPS) is 19.6. The number of aliphatic carboxylic acids is 1. The van der Waals surface area contributed by atoms with Gasteiger partial charge in [-0.1, -0.05) is 41.8 Å². The van der Waals surface area contributed by atoms with Crippen molar-refractivity contribution < 1.29 is 9.90 Å². The Bertz CT molecular complexity index is 752. The van der Waals surface area contributed by atoms with Gasteiger partial charge in [0.25, 0.3) is 0 Å². The van der Waals surface area contributed by atoms with E-state index in [9.17, 15) is 9.90 Å². The van der Waals surface area contributed by atoms with Crippen LogP contribution in [-0.4, -0.2) is 33.5 Å². The Hall–Kier alpha value is -2.20. The van der Waals surface area contributed by atoms with Crippen LogP contribution in [0.1, 0.15) is 53.4 Å². The number of carboxylic acid groups (broad SMARTS) is 1. The van der Waals surface area contributed by atoms with Crippen LogP contribution in [0.4, 0.5) is 0 Å². The van der Waals surface area contributed by atoms with Crippen molar-refractivity contribution in [1.82, 2.24) is 9.88 Å². The van der Waals surface area contributed by atoms with Crippen molar-refractivity contribution in [2.24, 2.45) is 0 Å². The van der Waals surface area contributed by atoms with E-state index in [1.807, 2.05) is 25.1 Å². The van der Waals surface area contributed by atoms with Crippen molar-refractivity contribution in [2.45, 2.75) is 52.1 Å². The number of likely N-dealkylation sites (tertiary alicyclic amines) is 1. The maximum atomic E-state index is 11.9. The molecule has 2 unspecified atom stereocenters. The van der Waals surface area contributed by atoms with Crippen LogP contribution in [0, 0.1) is 20.8 Å². The van der Waals surface area contributed by atoms with Crippen molar-refractivity contribution in [3.8, 4) is 0 Å². The third-order valence-corrected chi connectivity index (χ3v) is 4.91. The Kier molecular flexibility index (Phi) is 5.19. The number of aromatic nitrogens is 1. The van der Waals surface area contributed by atoms with Gasteiger partial charge in [0.05, 0.1) is 11.7 Å². The Morgan fingerprint density at radius 1 is 1.16 bits per heavy atom. The van der Waals surface area contributed by atoms with Crippen LogP contribution in [0.5, 0.6) is 0 Å². The number of rotatable bonds is 4. The molecule has 4 heteroatoms. The summed E-state index contributed by atoms with van der Waals surface area (Å²) in [5.74, 6) is -0.735. The molecule has 1 aliphatic rings. The number of carboxylic acids is 1. The zero-order valence-electron chi connectivity index (χ0n) is 15.2. The number of benzene rings is 1. The first-order valence-corrected chi connectivity index (χ1v) is 8.96. The molecule has 132 valence electrons. The molecule has 0 amide bonds. The molecule has 0 radical (unpaired) electrons. The highest BCUT2D eigenvalue weighted by Crippen LogP contribution is 2.34. The molecule has 2 aromatic rings. The van der Waals surface area contributed by atoms with Crippen molar-refractivity contribution >= 4 is 5.97 Å². The van der Waals surface area contributed by atoms with Crippen LogP contribution in [0.3, 0.4) is 0 Å². The van der Waals surface area contributed by atoms with Gasteiger partial charge in [-0.2, -0.15) is 0 Å². The van der Waals surface area contributed by atoms with Gasteiger partial charge in [-0.25, -0.2) is 0 Å². The third-order valence-electron chi connectivity index (χ3n) is 4.91. The largest absolute Gasteiger partial charge is 0.480 e. The molecule has 1 aromatic heterocycles. The number of piperidine rings is 1. The quantitative estimate of drug-likeness (QED) is 0.914. The van der Waals surface area contributed by atoms with Gasteiger partial charge in [0.2, 0.25) is 0 Å². The van der Waals surface area contributed by atoms with Crippen LogP contribution < -0.4 is 0 Å². The number of hydrogen-bond acceptors (Lipinski definition) is 3. The molecule has 1 N–H and O–H groups in total. The topological polar surface area (TPSA) is 53.4 Å². The first-order valence-electron chi connectivity index (χ1n) is 8.96. The fourth-order valence-electron chi connectivity index (χ4n) is 3.94. The number of aryl methyl sites for hydroxylation is 3. The first kappa shape index (κ1) is 17.6. The van der Waals surface area contributed by atoms with Gasteiger partial charge < -0.3 is 5.11 Å². The van der Waals surface area contributed by atoms with E-state index in [1.165, 1.54) is 11.1 Å². The van der Waals surface area contributed by atoms with Gasteiger partial charge in [0.1, 0.15) is 6.04 Å². The molecule has 0 spiro atoms. The van der Waals surface area contributed by atoms with Crippen LogP contribution in [0.15, 0.2) is 36.4 Å². The predicted molar refractivity (Wildman–Crippen MR) is 98.7 cm³/mol. The van der Waals surface area contributed by atoms with E-state index in [4.69, 9.17) is 4.98 Å². The SMILES string of the molecule is Cc1cc(C)cc(C(c2cccc(C)n2)N2CCCCC2C(=O)O)c1. The summed E-state index contributed by atoms with van der Waals surface area (Å²) in [4.78, 5) is 18.7. The van der Waals surface area contributed by atoms with E-state index in [1.54, 1.807) is 0 Å². The van der Waals surface area contributed by atoms with E-state index >= 15 is 0 Å². The highest BCUT2D eigenvalue weighted by molar-refractivity contribution is 5.73. The van der Waals surface area contributed by atoms with E-state index in [0.29, 0.717) is 6.42 Å². The summed E-state index contributed by atoms with van der Waals surface area (Å²) in [5.41, 5.74) is 5.39. The van der Waals surface area contributed by atoms with Gasteiger partial charge in [0, 0.05) is 5.69 Å². The third kappa shape index (κ3) is 3.90. The summed E-state index contributed by atoms with van der Waals surface area (Å²) in [7, 11) is 0. The first-order chi connectivity index (χ1) is 12.0.